The van der Waals surface area contributed by atoms with Crippen molar-refractivity contribution < 1.29 is 20.1 Å². The Labute approximate surface area is 250 Å². The van der Waals surface area contributed by atoms with Gasteiger partial charge in [-0.05, 0) is 116 Å². The largest absolute Gasteiger partial charge is 0.392 e. The van der Waals surface area contributed by atoms with Crippen LogP contribution in [0.5, 0.6) is 0 Å². The van der Waals surface area contributed by atoms with Crippen molar-refractivity contribution in [2.24, 2.45) is 45.3 Å². The molecule has 5 aliphatic carbocycles. The summed E-state index contributed by atoms with van der Waals surface area (Å²) in [5, 5.41) is 32.0. The first-order valence-electron chi connectivity index (χ1n) is 16.5. The zero-order valence-electron chi connectivity index (χ0n) is 27.3. The SMILES string of the molecule is C=C1CC(O)C2C(C)(C)CCC[C@]2(C)C1CCC(C)=O.C=C[C@]1(O)C=C2CC(O)C3C(C)(C)CCC[C@]3(C)[C@H]2CC1. The molecule has 9 atom stereocenters. The fraction of sp³-hybridized carbons (Fsp3) is 0.811. The third-order valence-corrected chi connectivity index (χ3v) is 12.8. The molecule has 0 spiro atoms. The van der Waals surface area contributed by atoms with Crippen molar-refractivity contribution in [3.8, 4) is 0 Å². The first-order chi connectivity index (χ1) is 18.9. The molecule has 4 heteroatoms. The van der Waals surface area contributed by atoms with E-state index in [1.54, 1.807) is 13.0 Å². The lowest BCUT2D eigenvalue weighted by molar-refractivity contribution is -0.126. The molecule has 5 unspecified atom stereocenters. The smallest absolute Gasteiger partial charge is 0.129 e. The number of fused-ring (bicyclic) bond motifs is 4. The van der Waals surface area contributed by atoms with Gasteiger partial charge in [0.05, 0.1) is 12.2 Å². The van der Waals surface area contributed by atoms with E-state index in [0.29, 0.717) is 36.5 Å². The highest BCUT2D eigenvalue weighted by Crippen LogP contribution is 2.64. The predicted molar refractivity (Wildman–Crippen MR) is 168 cm³/mol. The first kappa shape index (κ1) is 32.7. The van der Waals surface area contributed by atoms with Crippen molar-refractivity contribution in [3.63, 3.8) is 0 Å². The van der Waals surface area contributed by atoms with E-state index in [-0.39, 0.29) is 39.7 Å². The summed E-state index contributed by atoms with van der Waals surface area (Å²) in [7, 11) is 0. The lowest BCUT2D eigenvalue weighted by Crippen LogP contribution is -2.56. The first-order valence-corrected chi connectivity index (χ1v) is 16.5. The van der Waals surface area contributed by atoms with Crippen LogP contribution in [0.4, 0.5) is 0 Å². The van der Waals surface area contributed by atoms with Crippen LogP contribution in [0, 0.1) is 45.3 Å². The lowest BCUT2D eigenvalue weighted by Gasteiger charge is -2.61. The Hall–Kier alpha value is -1.23. The monoisotopic (exact) mass is 568 g/mol. The van der Waals surface area contributed by atoms with Crippen molar-refractivity contribution in [3.05, 3.63) is 36.5 Å². The number of rotatable bonds is 4. The Morgan fingerprint density at radius 2 is 1.44 bits per heavy atom. The Kier molecular flexibility index (Phi) is 9.06. The summed E-state index contributed by atoms with van der Waals surface area (Å²) < 4.78 is 0. The molecule has 232 valence electrons. The van der Waals surface area contributed by atoms with Gasteiger partial charge in [-0.15, -0.1) is 0 Å². The topological polar surface area (TPSA) is 77.8 Å². The highest BCUT2D eigenvalue weighted by atomic mass is 16.3. The van der Waals surface area contributed by atoms with Crippen LogP contribution >= 0.6 is 0 Å². The molecular weight excluding hydrogens is 508 g/mol. The van der Waals surface area contributed by atoms with Gasteiger partial charge in [0.15, 0.2) is 0 Å². The summed E-state index contributed by atoms with van der Waals surface area (Å²) in [6, 6.07) is 0. The molecule has 0 heterocycles. The molecule has 4 nitrogen and oxygen atoms in total. The maximum atomic E-state index is 11.4. The third-order valence-electron chi connectivity index (χ3n) is 12.8. The number of carbonyl (C=O) groups excluding carboxylic acids is 1. The number of aliphatic hydroxyl groups excluding tert-OH is 2. The Bertz CT molecular complexity index is 1050. The number of hydrogen-bond acceptors (Lipinski definition) is 4. The maximum Gasteiger partial charge on any atom is 0.129 e. The van der Waals surface area contributed by atoms with Crippen LogP contribution in [0.15, 0.2) is 36.5 Å². The summed E-state index contributed by atoms with van der Waals surface area (Å²) in [5.74, 6) is 1.87. The molecule has 41 heavy (non-hydrogen) atoms. The summed E-state index contributed by atoms with van der Waals surface area (Å²) in [4.78, 5) is 11.4. The fourth-order valence-corrected chi connectivity index (χ4v) is 11.4. The van der Waals surface area contributed by atoms with Gasteiger partial charge in [0.25, 0.3) is 0 Å². The summed E-state index contributed by atoms with van der Waals surface area (Å²) in [6.45, 7) is 23.7. The number of carbonyl (C=O) groups is 1. The number of hydrogen-bond donors (Lipinski definition) is 3. The van der Waals surface area contributed by atoms with Gasteiger partial charge >= 0.3 is 0 Å². The van der Waals surface area contributed by atoms with Crippen LogP contribution in [0.1, 0.15) is 126 Å². The van der Waals surface area contributed by atoms with Crippen LogP contribution in [-0.4, -0.2) is 38.9 Å². The average molecular weight is 569 g/mol. The molecule has 0 amide bonds. The summed E-state index contributed by atoms with van der Waals surface area (Å²) >= 11 is 0. The van der Waals surface area contributed by atoms with Crippen molar-refractivity contribution in [1.29, 1.82) is 0 Å². The molecule has 0 saturated heterocycles. The molecule has 4 fully saturated rings. The van der Waals surface area contributed by atoms with Gasteiger partial charge in [-0.2, -0.15) is 0 Å². The zero-order valence-corrected chi connectivity index (χ0v) is 27.3. The number of Topliss-reactive ketones (excluding diaryl/α,β-unsaturated/α-hetero) is 1. The number of aliphatic hydroxyl groups is 3. The minimum atomic E-state index is -0.862. The molecule has 0 aromatic rings. The van der Waals surface area contributed by atoms with Gasteiger partial charge in [-0.25, -0.2) is 0 Å². The Morgan fingerprint density at radius 1 is 0.902 bits per heavy atom. The standard InChI is InChI=1S/C19H30O2.C18H30O2/c1-5-19(21)10-7-14-13(12-19)11-15(20)16-17(2,3)8-6-9-18(14,16)4;1-12-11-15(20)16-17(3,4)9-6-10-18(16,5)14(12)8-7-13(2)19/h5,12,14-16,20-21H,1,6-11H2,2-4H3;14-16,20H,1,6-11H2,2-5H3/t14-,15?,16?,18+,19+;14?,15?,16?,18-/m01/s1. The molecule has 3 N–H and O–H groups in total. The normalized spacial score (nSPS) is 44.6. The second-order valence-corrected chi connectivity index (χ2v) is 16.7. The minimum absolute atomic E-state index is 0.103. The zero-order chi connectivity index (χ0) is 30.6. The highest BCUT2D eigenvalue weighted by molar-refractivity contribution is 5.75. The maximum absolute atomic E-state index is 11.4. The van der Waals surface area contributed by atoms with Gasteiger partial charge in [0, 0.05) is 6.42 Å². The van der Waals surface area contributed by atoms with Crippen molar-refractivity contribution in [2.45, 2.75) is 143 Å². The van der Waals surface area contributed by atoms with Crippen LogP contribution in [-0.2, 0) is 4.79 Å². The molecular formula is C37H60O4. The molecule has 0 aliphatic heterocycles. The van der Waals surface area contributed by atoms with E-state index >= 15 is 0 Å². The molecule has 0 aromatic heterocycles. The van der Waals surface area contributed by atoms with E-state index in [1.165, 1.54) is 37.7 Å². The van der Waals surface area contributed by atoms with Gasteiger partial charge in [-0.3, -0.25) is 0 Å². The molecule has 5 aliphatic rings. The average Bonchev–Trinajstić information content (AvgIpc) is 2.82. The highest BCUT2D eigenvalue weighted by Gasteiger charge is 2.58. The molecule has 4 saturated carbocycles. The summed E-state index contributed by atoms with van der Waals surface area (Å²) in [6.07, 6.45) is 15.1. The molecule has 5 rings (SSSR count). The van der Waals surface area contributed by atoms with E-state index in [0.717, 1.165) is 37.7 Å². The van der Waals surface area contributed by atoms with Gasteiger partial charge in [0.2, 0.25) is 0 Å². The summed E-state index contributed by atoms with van der Waals surface area (Å²) in [5.41, 5.74) is 2.24. The van der Waals surface area contributed by atoms with E-state index in [9.17, 15) is 20.1 Å². The van der Waals surface area contributed by atoms with Crippen LogP contribution in [0.3, 0.4) is 0 Å². The number of ketones is 1. The van der Waals surface area contributed by atoms with Gasteiger partial charge in [0.1, 0.15) is 11.4 Å². The molecule has 0 radical (unpaired) electrons. The van der Waals surface area contributed by atoms with Crippen molar-refractivity contribution >= 4 is 5.78 Å². The van der Waals surface area contributed by atoms with Crippen LogP contribution < -0.4 is 0 Å². The van der Waals surface area contributed by atoms with E-state index in [2.05, 4.69) is 54.7 Å². The van der Waals surface area contributed by atoms with E-state index in [4.69, 9.17) is 0 Å². The fourth-order valence-electron chi connectivity index (χ4n) is 11.4. The van der Waals surface area contributed by atoms with Crippen molar-refractivity contribution in [1.82, 2.24) is 0 Å². The molecule has 0 aromatic carbocycles. The second kappa shape index (κ2) is 11.4. The van der Waals surface area contributed by atoms with E-state index < -0.39 is 5.60 Å². The van der Waals surface area contributed by atoms with Crippen molar-refractivity contribution in [2.75, 3.05) is 0 Å². The molecule has 0 bridgehead atoms. The third kappa shape index (κ3) is 5.96. The predicted octanol–water partition coefficient (Wildman–Crippen LogP) is 7.96. The van der Waals surface area contributed by atoms with Gasteiger partial charge in [-0.1, -0.05) is 84.8 Å². The Morgan fingerprint density at radius 3 is 2.00 bits per heavy atom. The van der Waals surface area contributed by atoms with E-state index in [1.807, 2.05) is 6.08 Å². The lowest BCUT2D eigenvalue weighted by atomic mass is 9.45. The Balaban J connectivity index is 0.000000189. The van der Waals surface area contributed by atoms with Crippen LogP contribution in [0.2, 0.25) is 0 Å². The van der Waals surface area contributed by atoms with Gasteiger partial charge < -0.3 is 20.1 Å². The second-order valence-electron chi connectivity index (χ2n) is 16.7. The minimum Gasteiger partial charge on any atom is -0.392 e. The quantitative estimate of drug-likeness (QED) is 0.301. The van der Waals surface area contributed by atoms with Crippen LogP contribution in [0.25, 0.3) is 0 Å².